The van der Waals surface area contributed by atoms with Crippen molar-refractivity contribution in [1.29, 1.82) is 0 Å². The molecule has 0 spiro atoms. The maximum Gasteiger partial charge on any atom is 0.303 e. The summed E-state index contributed by atoms with van der Waals surface area (Å²) in [6.07, 6.45) is 0.976. The van der Waals surface area contributed by atoms with E-state index in [0.717, 1.165) is 5.56 Å². The molecule has 0 saturated carbocycles. The van der Waals surface area contributed by atoms with Gasteiger partial charge in [0.05, 0.1) is 4.99 Å². The normalized spacial score (nSPS) is 9.89. The SMILES string of the molecule is NC(=S)Cc1ccc(C(=O)NCCCC(=O)O)cc1. The lowest BCUT2D eigenvalue weighted by Crippen LogP contribution is -2.24. The largest absolute Gasteiger partial charge is 0.481 e. The summed E-state index contributed by atoms with van der Waals surface area (Å²) in [4.78, 5) is 22.4. The minimum absolute atomic E-state index is 0.0488. The molecule has 0 bridgehead atoms. The van der Waals surface area contributed by atoms with Crippen LogP contribution in [0.5, 0.6) is 0 Å². The van der Waals surface area contributed by atoms with Gasteiger partial charge in [-0.15, -0.1) is 0 Å². The number of hydrogen-bond donors (Lipinski definition) is 3. The molecule has 0 aliphatic rings. The van der Waals surface area contributed by atoms with E-state index in [9.17, 15) is 9.59 Å². The van der Waals surface area contributed by atoms with Crippen molar-refractivity contribution in [2.45, 2.75) is 19.3 Å². The number of rotatable bonds is 7. The molecule has 6 heteroatoms. The van der Waals surface area contributed by atoms with E-state index in [2.05, 4.69) is 5.32 Å². The second-order valence-electron chi connectivity index (χ2n) is 4.09. The lowest BCUT2D eigenvalue weighted by Gasteiger charge is -2.05. The second-order valence-corrected chi connectivity index (χ2v) is 4.62. The molecule has 1 aromatic carbocycles. The van der Waals surface area contributed by atoms with Gasteiger partial charge in [0, 0.05) is 24.9 Å². The van der Waals surface area contributed by atoms with Gasteiger partial charge in [-0.3, -0.25) is 9.59 Å². The average Bonchev–Trinajstić information content (AvgIpc) is 2.34. The first-order chi connectivity index (χ1) is 8.99. The molecule has 1 amide bonds. The van der Waals surface area contributed by atoms with E-state index >= 15 is 0 Å². The first-order valence-electron chi connectivity index (χ1n) is 5.86. The molecule has 0 atom stereocenters. The Morgan fingerprint density at radius 1 is 1.26 bits per heavy atom. The van der Waals surface area contributed by atoms with Gasteiger partial charge in [-0.05, 0) is 24.1 Å². The predicted molar refractivity (Wildman–Crippen MR) is 76.1 cm³/mol. The summed E-state index contributed by atoms with van der Waals surface area (Å²) >= 11 is 4.80. The van der Waals surface area contributed by atoms with Crippen LogP contribution >= 0.6 is 12.2 Å². The lowest BCUT2D eigenvalue weighted by molar-refractivity contribution is -0.137. The maximum absolute atomic E-state index is 11.7. The fourth-order valence-electron chi connectivity index (χ4n) is 1.52. The molecule has 102 valence electrons. The van der Waals surface area contributed by atoms with Crippen LogP contribution in [0.1, 0.15) is 28.8 Å². The van der Waals surface area contributed by atoms with Crippen LogP contribution in [0, 0.1) is 0 Å². The van der Waals surface area contributed by atoms with Crippen LogP contribution in [0.2, 0.25) is 0 Å². The number of carbonyl (C=O) groups excluding carboxylic acids is 1. The number of nitrogens with one attached hydrogen (secondary N) is 1. The zero-order valence-corrected chi connectivity index (χ0v) is 11.2. The zero-order valence-electron chi connectivity index (χ0n) is 10.4. The van der Waals surface area contributed by atoms with E-state index in [4.69, 9.17) is 23.1 Å². The highest BCUT2D eigenvalue weighted by Crippen LogP contribution is 2.05. The Labute approximate surface area is 116 Å². The molecule has 0 heterocycles. The number of carboxylic acid groups (broad SMARTS) is 1. The van der Waals surface area contributed by atoms with E-state index in [1.54, 1.807) is 24.3 Å². The van der Waals surface area contributed by atoms with E-state index in [1.807, 2.05) is 0 Å². The zero-order chi connectivity index (χ0) is 14.3. The molecule has 0 aliphatic carbocycles. The van der Waals surface area contributed by atoms with E-state index in [1.165, 1.54) is 0 Å². The second kappa shape index (κ2) is 7.48. The van der Waals surface area contributed by atoms with Crippen molar-refractivity contribution < 1.29 is 14.7 Å². The van der Waals surface area contributed by atoms with Crippen molar-refractivity contribution >= 4 is 29.1 Å². The summed E-state index contributed by atoms with van der Waals surface area (Å²) in [7, 11) is 0. The molecule has 0 radical (unpaired) electrons. The van der Waals surface area contributed by atoms with Gasteiger partial charge in [0.25, 0.3) is 5.91 Å². The molecule has 0 aromatic heterocycles. The van der Waals surface area contributed by atoms with Crippen molar-refractivity contribution in [2.75, 3.05) is 6.54 Å². The van der Waals surface area contributed by atoms with Crippen molar-refractivity contribution in [2.24, 2.45) is 5.73 Å². The number of hydrogen-bond acceptors (Lipinski definition) is 3. The number of benzene rings is 1. The summed E-state index contributed by atoms with van der Waals surface area (Å²) in [5.74, 6) is -1.08. The molecule has 19 heavy (non-hydrogen) atoms. The van der Waals surface area contributed by atoms with Crippen LogP contribution in [0.25, 0.3) is 0 Å². The van der Waals surface area contributed by atoms with Gasteiger partial charge in [-0.25, -0.2) is 0 Å². The molecule has 1 aromatic rings. The van der Waals surface area contributed by atoms with Gasteiger partial charge < -0.3 is 16.2 Å². The van der Waals surface area contributed by atoms with Gasteiger partial charge in [-0.2, -0.15) is 0 Å². The van der Waals surface area contributed by atoms with Crippen LogP contribution in [0.3, 0.4) is 0 Å². The number of aliphatic carboxylic acids is 1. The fraction of sp³-hybridized carbons (Fsp3) is 0.308. The molecule has 4 N–H and O–H groups in total. The minimum Gasteiger partial charge on any atom is -0.481 e. The Bertz CT molecular complexity index is 471. The molecule has 0 aliphatic heterocycles. The Hall–Kier alpha value is -1.95. The number of carbonyl (C=O) groups is 2. The number of thiocarbonyl (C=S) groups is 1. The Morgan fingerprint density at radius 3 is 2.42 bits per heavy atom. The average molecular weight is 280 g/mol. The van der Waals surface area contributed by atoms with Crippen molar-refractivity contribution in [3.8, 4) is 0 Å². The summed E-state index contributed by atoms with van der Waals surface area (Å²) < 4.78 is 0. The van der Waals surface area contributed by atoms with Crippen molar-refractivity contribution in [3.05, 3.63) is 35.4 Å². The van der Waals surface area contributed by atoms with E-state index in [-0.39, 0.29) is 12.3 Å². The molecule has 0 fully saturated rings. The number of nitrogens with two attached hydrogens (primary N) is 1. The Balaban J connectivity index is 2.44. The molecule has 1 rings (SSSR count). The van der Waals surface area contributed by atoms with Crippen molar-refractivity contribution in [1.82, 2.24) is 5.32 Å². The molecular weight excluding hydrogens is 264 g/mol. The fourth-order valence-corrected chi connectivity index (χ4v) is 1.69. The summed E-state index contributed by atoms with van der Waals surface area (Å²) in [6.45, 7) is 0.347. The van der Waals surface area contributed by atoms with Gasteiger partial charge in [0.15, 0.2) is 0 Å². The molecule has 0 unspecified atom stereocenters. The predicted octanol–water partition coefficient (Wildman–Crippen LogP) is 1.11. The van der Waals surface area contributed by atoms with Crippen LogP contribution < -0.4 is 11.1 Å². The van der Waals surface area contributed by atoms with E-state index in [0.29, 0.717) is 29.9 Å². The monoisotopic (exact) mass is 280 g/mol. The first-order valence-corrected chi connectivity index (χ1v) is 6.27. The third kappa shape index (κ3) is 5.96. The maximum atomic E-state index is 11.7. The summed E-state index contributed by atoms with van der Waals surface area (Å²) in [5, 5.41) is 11.1. The van der Waals surface area contributed by atoms with Crippen molar-refractivity contribution in [3.63, 3.8) is 0 Å². The standard InChI is InChI=1S/C13H16N2O3S/c14-11(19)8-9-3-5-10(6-4-9)13(18)15-7-1-2-12(16)17/h3-6H,1-2,7-8H2,(H2,14,19)(H,15,18)(H,16,17). The molecular formula is C13H16N2O3S. The first kappa shape index (κ1) is 15.1. The van der Waals surface area contributed by atoms with Crippen LogP contribution in [-0.4, -0.2) is 28.5 Å². The smallest absolute Gasteiger partial charge is 0.303 e. The highest BCUT2D eigenvalue weighted by Gasteiger charge is 2.05. The lowest BCUT2D eigenvalue weighted by atomic mass is 10.1. The van der Waals surface area contributed by atoms with Gasteiger partial charge in [-0.1, -0.05) is 24.4 Å². The van der Waals surface area contributed by atoms with Gasteiger partial charge >= 0.3 is 5.97 Å². The highest BCUT2D eigenvalue weighted by atomic mass is 32.1. The van der Waals surface area contributed by atoms with E-state index < -0.39 is 5.97 Å². The van der Waals surface area contributed by atoms with Crippen LogP contribution in [-0.2, 0) is 11.2 Å². The molecule has 0 saturated heterocycles. The van der Waals surface area contributed by atoms with Gasteiger partial charge in [0.1, 0.15) is 0 Å². The Morgan fingerprint density at radius 2 is 1.89 bits per heavy atom. The number of carboxylic acids is 1. The van der Waals surface area contributed by atoms with Crippen LogP contribution in [0.4, 0.5) is 0 Å². The summed E-state index contributed by atoms with van der Waals surface area (Å²) in [6, 6.07) is 6.98. The topological polar surface area (TPSA) is 92.4 Å². The quantitative estimate of drug-likeness (QED) is 0.514. The third-order valence-electron chi connectivity index (χ3n) is 2.45. The Kier molecular flexibility index (Phi) is 5.95. The third-order valence-corrected chi connectivity index (χ3v) is 2.59. The molecule has 5 nitrogen and oxygen atoms in total. The van der Waals surface area contributed by atoms with Crippen LogP contribution in [0.15, 0.2) is 24.3 Å². The number of amides is 1. The highest BCUT2D eigenvalue weighted by molar-refractivity contribution is 7.80. The van der Waals surface area contributed by atoms with Gasteiger partial charge in [0.2, 0.25) is 0 Å². The summed E-state index contributed by atoms with van der Waals surface area (Å²) in [5.41, 5.74) is 6.92. The minimum atomic E-state index is -0.864.